The van der Waals surface area contributed by atoms with Crippen molar-refractivity contribution in [1.29, 1.82) is 0 Å². The molecule has 5 heteroatoms. The van der Waals surface area contributed by atoms with Gasteiger partial charge in [0.2, 0.25) is 0 Å². The molecule has 2 heterocycles. The number of nitrogens with zero attached hydrogens (tertiary/aromatic N) is 3. The third kappa shape index (κ3) is 4.21. The summed E-state index contributed by atoms with van der Waals surface area (Å²) in [5.74, 6) is 1.60. The topological polar surface area (TPSA) is 48.7 Å². The fraction of sp³-hybridized carbons (Fsp3) is 0.0625. The van der Waals surface area contributed by atoms with Crippen molar-refractivity contribution in [2.24, 2.45) is 0 Å². The van der Waals surface area contributed by atoms with E-state index in [-0.39, 0.29) is 0 Å². The first-order chi connectivity index (χ1) is 18.2. The van der Waals surface area contributed by atoms with Gasteiger partial charge in [-0.15, -0.1) is 0 Å². The van der Waals surface area contributed by atoms with Gasteiger partial charge in [-0.05, 0) is 48.0 Å². The Kier molecular flexibility index (Phi) is 5.87. The monoisotopic (exact) mass is 483 g/mol. The minimum Gasteiger partial charge on any atom is -0.497 e. The molecule has 0 spiro atoms. The molecule has 0 aliphatic rings. The van der Waals surface area contributed by atoms with Gasteiger partial charge in [0.05, 0.1) is 31.2 Å². The maximum atomic E-state index is 5.42. The quantitative estimate of drug-likeness (QED) is 0.247. The first-order valence-electron chi connectivity index (χ1n) is 12.1. The van der Waals surface area contributed by atoms with Gasteiger partial charge in [0, 0.05) is 16.7 Å². The predicted octanol–water partition coefficient (Wildman–Crippen LogP) is 7.41. The van der Waals surface area contributed by atoms with E-state index in [1.807, 2.05) is 77.3 Å². The Labute approximate surface area is 215 Å². The minimum absolute atomic E-state index is 0.788. The summed E-state index contributed by atoms with van der Waals surface area (Å²) in [6.45, 7) is 0. The second kappa shape index (κ2) is 9.63. The number of ether oxygens (including phenoxy) is 2. The van der Waals surface area contributed by atoms with Crippen LogP contribution < -0.4 is 9.47 Å². The molecule has 0 bridgehead atoms. The van der Waals surface area contributed by atoms with Crippen molar-refractivity contribution in [1.82, 2.24) is 14.6 Å². The predicted molar refractivity (Wildman–Crippen MR) is 148 cm³/mol. The third-order valence-corrected chi connectivity index (χ3v) is 6.47. The van der Waals surface area contributed by atoms with Crippen LogP contribution in [0.15, 0.2) is 115 Å². The molecule has 0 atom stereocenters. The van der Waals surface area contributed by atoms with E-state index < -0.39 is 0 Å². The number of hydrogen-bond donors (Lipinski definition) is 0. The van der Waals surface area contributed by atoms with Gasteiger partial charge in [0.15, 0.2) is 5.65 Å². The highest BCUT2D eigenvalue weighted by Crippen LogP contribution is 2.38. The second-order valence-corrected chi connectivity index (χ2v) is 8.67. The molecule has 0 N–H and O–H groups in total. The zero-order valence-corrected chi connectivity index (χ0v) is 20.6. The maximum absolute atomic E-state index is 5.42. The van der Waals surface area contributed by atoms with Crippen LogP contribution in [0.2, 0.25) is 0 Å². The van der Waals surface area contributed by atoms with Crippen LogP contribution in [0.25, 0.3) is 50.5 Å². The van der Waals surface area contributed by atoms with Gasteiger partial charge in [0.1, 0.15) is 17.2 Å². The molecule has 0 aliphatic carbocycles. The van der Waals surface area contributed by atoms with Crippen molar-refractivity contribution in [3.8, 4) is 56.4 Å². The third-order valence-electron chi connectivity index (χ3n) is 6.47. The normalized spacial score (nSPS) is 11.0. The lowest BCUT2D eigenvalue weighted by Crippen LogP contribution is -1.99. The van der Waals surface area contributed by atoms with Gasteiger partial charge in [-0.3, -0.25) is 0 Å². The maximum Gasteiger partial charge on any atom is 0.164 e. The van der Waals surface area contributed by atoms with E-state index in [1.165, 1.54) is 0 Å². The molecule has 6 aromatic rings. The average molecular weight is 484 g/mol. The molecular weight excluding hydrogens is 458 g/mol. The van der Waals surface area contributed by atoms with Crippen LogP contribution >= 0.6 is 0 Å². The van der Waals surface area contributed by atoms with Crippen LogP contribution in [0.5, 0.6) is 11.5 Å². The Morgan fingerprint density at radius 3 is 1.68 bits per heavy atom. The van der Waals surface area contributed by atoms with Gasteiger partial charge < -0.3 is 9.47 Å². The molecule has 37 heavy (non-hydrogen) atoms. The molecule has 0 aliphatic heterocycles. The minimum atomic E-state index is 0.788. The Morgan fingerprint density at radius 1 is 0.568 bits per heavy atom. The van der Waals surface area contributed by atoms with E-state index in [9.17, 15) is 0 Å². The molecular formula is C32H25N3O2. The zero-order chi connectivity index (χ0) is 25.2. The fourth-order valence-corrected chi connectivity index (χ4v) is 4.56. The van der Waals surface area contributed by atoms with E-state index >= 15 is 0 Å². The van der Waals surface area contributed by atoms with E-state index in [4.69, 9.17) is 19.6 Å². The molecule has 0 saturated heterocycles. The molecule has 2 aromatic heterocycles. The molecule has 5 nitrogen and oxygen atoms in total. The summed E-state index contributed by atoms with van der Waals surface area (Å²) in [7, 11) is 3.34. The highest BCUT2D eigenvalue weighted by molar-refractivity contribution is 5.92. The Hall–Kier alpha value is -4.90. The summed E-state index contributed by atoms with van der Waals surface area (Å²) >= 11 is 0. The Bertz CT molecular complexity index is 1660. The number of methoxy groups -OCH3 is 2. The Balaban J connectivity index is 1.69. The highest BCUT2D eigenvalue weighted by atomic mass is 16.5. The average Bonchev–Trinajstić information content (AvgIpc) is 3.37. The molecule has 0 fully saturated rings. The first kappa shape index (κ1) is 22.6. The molecule has 6 rings (SSSR count). The highest BCUT2D eigenvalue weighted by Gasteiger charge is 2.21. The van der Waals surface area contributed by atoms with Crippen molar-refractivity contribution in [3.63, 3.8) is 0 Å². The molecule has 0 saturated carbocycles. The molecule has 4 aromatic carbocycles. The van der Waals surface area contributed by atoms with Gasteiger partial charge in [-0.2, -0.15) is 5.10 Å². The lowest BCUT2D eigenvalue weighted by Gasteiger charge is -2.10. The number of hydrogen-bond acceptors (Lipinski definition) is 4. The summed E-state index contributed by atoms with van der Waals surface area (Å²) < 4.78 is 12.8. The van der Waals surface area contributed by atoms with Gasteiger partial charge in [-0.1, -0.05) is 72.8 Å². The number of aromatic nitrogens is 3. The fourth-order valence-electron chi connectivity index (χ4n) is 4.56. The first-order valence-corrected chi connectivity index (χ1v) is 12.1. The second-order valence-electron chi connectivity index (χ2n) is 8.67. The summed E-state index contributed by atoms with van der Waals surface area (Å²) in [4.78, 5) is 5.17. The molecule has 0 radical (unpaired) electrons. The summed E-state index contributed by atoms with van der Waals surface area (Å²) in [5, 5.41) is 5.15. The largest absolute Gasteiger partial charge is 0.497 e. The van der Waals surface area contributed by atoms with Crippen LogP contribution in [-0.2, 0) is 0 Å². The Morgan fingerprint density at radius 2 is 1.11 bits per heavy atom. The molecule has 0 unspecified atom stereocenters. The van der Waals surface area contributed by atoms with E-state index in [1.54, 1.807) is 14.2 Å². The van der Waals surface area contributed by atoms with Crippen LogP contribution in [-0.4, -0.2) is 28.8 Å². The standard InChI is InChI=1S/C32H25N3O2/c1-36-26-17-13-24(14-18-26)30-31(25-15-19-27(37-2)20-16-25)34-35-29(23-11-7-4-8-12-23)21-28(33-32(30)35)22-9-5-3-6-10-22/h3-21H,1-2H3. The smallest absolute Gasteiger partial charge is 0.164 e. The van der Waals surface area contributed by atoms with Crippen LogP contribution in [0.3, 0.4) is 0 Å². The van der Waals surface area contributed by atoms with Gasteiger partial charge >= 0.3 is 0 Å². The van der Waals surface area contributed by atoms with E-state index in [2.05, 4.69) is 42.5 Å². The van der Waals surface area contributed by atoms with Crippen molar-refractivity contribution in [2.75, 3.05) is 14.2 Å². The molecule has 0 amide bonds. The lowest BCUT2D eigenvalue weighted by atomic mass is 10.0. The SMILES string of the molecule is COc1ccc(-c2nn3c(-c4ccccc4)cc(-c4ccccc4)nc3c2-c2ccc(OC)cc2)cc1. The zero-order valence-electron chi connectivity index (χ0n) is 20.6. The van der Waals surface area contributed by atoms with Crippen LogP contribution in [0, 0.1) is 0 Å². The summed E-state index contributed by atoms with van der Waals surface area (Å²) in [6.07, 6.45) is 0. The number of fused-ring (bicyclic) bond motifs is 1. The van der Waals surface area contributed by atoms with Crippen LogP contribution in [0.1, 0.15) is 0 Å². The van der Waals surface area contributed by atoms with Crippen molar-refractivity contribution < 1.29 is 9.47 Å². The summed E-state index contributed by atoms with van der Waals surface area (Å²) in [5.41, 5.74) is 8.58. The van der Waals surface area contributed by atoms with Gasteiger partial charge in [0.25, 0.3) is 0 Å². The molecule has 180 valence electrons. The van der Waals surface area contributed by atoms with Crippen molar-refractivity contribution in [2.45, 2.75) is 0 Å². The summed E-state index contributed by atoms with van der Waals surface area (Å²) in [6, 6.07) is 38.7. The number of benzene rings is 4. The van der Waals surface area contributed by atoms with Crippen LogP contribution in [0.4, 0.5) is 0 Å². The number of rotatable bonds is 6. The van der Waals surface area contributed by atoms with Gasteiger partial charge in [-0.25, -0.2) is 9.50 Å². The van der Waals surface area contributed by atoms with E-state index in [0.717, 1.165) is 62.0 Å². The van der Waals surface area contributed by atoms with E-state index in [0.29, 0.717) is 0 Å². The van der Waals surface area contributed by atoms with Crippen molar-refractivity contribution in [3.05, 3.63) is 115 Å². The lowest BCUT2D eigenvalue weighted by molar-refractivity contribution is 0.414. The van der Waals surface area contributed by atoms with Crippen molar-refractivity contribution >= 4 is 5.65 Å².